The fourth-order valence-electron chi connectivity index (χ4n) is 1.59. The van der Waals surface area contributed by atoms with E-state index in [2.05, 4.69) is 25.9 Å². The van der Waals surface area contributed by atoms with Crippen molar-refractivity contribution >= 4 is 21.7 Å². The first kappa shape index (κ1) is 13.6. The van der Waals surface area contributed by atoms with Gasteiger partial charge in [0.05, 0.1) is 11.6 Å². The largest absolute Gasteiger partial charge is 0.497 e. The molecule has 19 heavy (non-hydrogen) atoms. The zero-order valence-electron chi connectivity index (χ0n) is 10.7. The maximum absolute atomic E-state index is 5.66. The molecule has 0 unspecified atom stereocenters. The third-order valence-electron chi connectivity index (χ3n) is 2.42. The second-order valence-corrected chi connectivity index (χ2v) is 4.79. The van der Waals surface area contributed by atoms with Gasteiger partial charge in [0.1, 0.15) is 23.9 Å². The highest BCUT2D eigenvalue weighted by Crippen LogP contribution is 2.29. The number of aromatic nitrogens is 2. The minimum absolute atomic E-state index is 0.261. The van der Waals surface area contributed by atoms with Crippen molar-refractivity contribution in [1.82, 2.24) is 9.97 Å². The van der Waals surface area contributed by atoms with Gasteiger partial charge in [-0.1, -0.05) is 0 Å². The van der Waals surface area contributed by atoms with Crippen molar-refractivity contribution in [2.75, 3.05) is 12.8 Å². The van der Waals surface area contributed by atoms with E-state index >= 15 is 0 Å². The number of nitrogens with zero attached hydrogens (tertiary/aromatic N) is 2. The molecule has 0 saturated carbocycles. The molecule has 100 valence electrons. The Hall–Kier alpha value is -1.82. The summed E-state index contributed by atoms with van der Waals surface area (Å²) in [5.41, 5.74) is 6.48. The molecule has 0 fully saturated rings. The summed E-state index contributed by atoms with van der Waals surface area (Å²) in [4.78, 5) is 8.37. The first-order chi connectivity index (χ1) is 9.08. The summed E-state index contributed by atoms with van der Waals surface area (Å²) in [5.74, 6) is 2.46. The predicted octanol–water partition coefficient (Wildman–Crippen LogP) is 2.72. The van der Waals surface area contributed by atoms with Crippen molar-refractivity contribution in [3.8, 4) is 11.5 Å². The Morgan fingerprint density at radius 1 is 1.26 bits per heavy atom. The van der Waals surface area contributed by atoms with E-state index in [4.69, 9.17) is 15.2 Å². The Morgan fingerprint density at radius 3 is 2.68 bits per heavy atom. The number of hydrogen-bond donors (Lipinski definition) is 1. The quantitative estimate of drug-likeness (QED) is 0.936. The molecule has 0 atom stereocenters. The average Bonchev–Trinajstić information content (AvgIpc) is 2.36. The fourth-order valence-corrected chi connectivity index (χ4v) is 2.06. The van der Waals surface area contributed by atoms with Crippen molar-refractivity contribution in [1.29, 1.82) is 0 Å². The van der Waals surface area contributed by atoms with Crippen LogP contribution in [-0.4, -0.2) is 17.1 Å². The first-order valence-electron chi connectivity index (χ1n) is 5.65. The number of ether oxygens (including phenoxy) is 2. The number of benzene rings is 1. The summed E-state index contributed by atoms with van der Waals surface area (Å²) in [6.07, 6.45) is 0. The van der Waals surface area contributed by atoms with Gasteiger partial charge in [0, 0.05) is 11.8 Å². The lowest BCUT2D eigenvalue weighted by Crippen LogP contribution is -2.05. The summed E-state index contributed by atoms with van der Waals surface area (Å²) in [7, 11) is 1.62. The summed E-state index contributed by atoms with van der Waals surface area (Å²) in [5, 5.41) is 0. The third kappa shape index (κ3) is 3.57. The maximum Gasteiger partial charge on any atom is 0.168 e. The number of aryl methyl sites for hydroxylation is 1. The van der Waals surface area contributed by atoms with Crippen LogP contribution < -0.4 is 15.2 Å². The van der Waals surface area contributed by atoms with Gasteiger partial charge in [-0.2, -0.15) is 0 Å². The van der Waals surface area contributed by atoms with E-state index in [1.165, 1.54) is 0 Å². The molecule has 0 aliphatic carbocycles. The molecule has 0 bridgehead atoms. The van der Waals surface area contributed by atoms with Gasteiger partial charge in [-0.05, 0) is 41.1 Å². The monoisotopic (exact) mass is 323 g/mol. The van der Waals surface area contributed by atoms with E-state index in [9.17, 15) is 0 Å². The summed E-state index contributed by atoms with van der Waals surface area (Å²) >= 11 is 3.42. The van der Waals surface area contributed by atoms with Gasteiger partial charge in [0.25, 0.3) is 0 Å². The lowest BCUT2D eigenvalue weighted by Gasteiger charge is -2.09. The van der Waals surface area contributed by atoms with Crippen molar-refractivity contribution in [3.63, 3.8) is 0 Å². The van der Waals surface area contributed by atoms with Crippen LogP contribution in [0, 0.1) is 6.92 Å². The highest BCUT2D eigenvalue weighted by Gasteiger charge is 2.05. The molecule has 2 aromatic rings. The van der Waals surface area contributed by atoms with Crippen LogP contribution in [0.4, 0.5) is 5.82 Å². The van der Waals surface area contributed by atoms with E-state index in [-0.39, 0.29) is 6.61 Å². The maximum atomic E-state index is 5.66. The predicted molar refractivity (Wildman–Crippen MR) is 76.2 cm³/mol. The zero-order chi connectivity index (χ0) is 13.8. The number of hydrogen-bond acceptors (Lipinski definition) is 5. The molecule has 0 saturated heterocycles. The molecule has 0 radical (unpaired) electrons. The molecule has 0 amide bonds. The molecule has 2 rings (SSSR count). The number of nitrogens with two attached hydrogens (primary N) is 1. The van der Waals surface area contributed by atoms with Gasteiger partial charge >= 0.3 is 0 Å². The highest BCUT2D eigenvalue weighted by atomic mass is 79.9. The summed E-state index contributed by atoms with van der Waals surface area (Å²) in [6, 6.07) is 7.20. The van der Waals surface area contributed by atoms with E-state index in [0.29, 0.717) is 17.4 Å². The highest BCUT2D eigenvalue weighted by molar-refractivity contribution is 9.10. The topological polar surface area (TPSA) is 70.3 Å². The second kappa shape index (κ2) is 5.88. The molecule has 1 aromatic carbocycles. The Morgan fingerprint density at radius 2 is 2.05 bits per heavy atom. The Balaban J connectivity index is 2.10. The lowest BCUT2D eigenvalue weighted by molar-refractivity contribution is 0.293. The van der Waals surface area contributed by atoms with E-state index < -0.39 is 0 Å². The fraction of sp³-hybridized carbons (Fsp3) is 0.231. The van der Waals surface area contributed by atoms with Gasteiger partial charge in [0.15, 0.2) is 5.82 Å². The zero-order valence-corrected chi connectivity index (χ0v) is 12.3. The first-order valence-corrected chi connectivity index (χ1v) is 6.44. The van der Waals surface area contributed by atoms with Crippen LogP contribution >= 0.6 is 15.9 Å². The molecular weight excluding hydrogens is 310 g/mol. The number of anilines is 1. The molecule has 6 heteroatoms. The summed E-state index contributed by atoms with van der Waals surface area (Å²) in [6.45, 7) is 2.13. The molecule has 0 aliphatic rings. The third-order valence-corrected chi connectivity index (χ3v) is 3.04. The summed E-state index contributed by atoms with van der Waals surface area (Å²) < 4.78 is 11.6. The molecular formula is C13H14BrN3O2. The number of nitrogen functional groups attached to an aromatic ring is 1. The van der Waals surface area contributed by atoms with E-state index in [1.54, 1.807) is 13.2 Å². The van der Waals surface area contributed by atoms with Crippen LogP contribution in [0.3, 0.4) is 0 Å². The minimum atomic E-state index is 0.261. The normalized spacial score (nSPS) is 10.3. The number of rotatable bonds is 4. The van der Waals surface area contributed by atoms with Crippen molar-refractivity contribution < 1.29 is 9.47 Å². The van der Waals surface area contributed by atoms with Crippen molar-refractivity contribution in [2.45, 2.75) is 13.5 Å². The number of halogens is 1. The van der Waals surface area contributed by atoms with Crippen LogP contribution in [-0.2, 0) is 6.61 Å². The molecule has 0 aliphatic heterocycles. The average molecular weight is 324 g/mol. The van der Waals surface area contributed by atoms with Gasteiger partial charge < -0.3 is 15.2 Å². The molecule has 5 nitrogen and oxygen atoms in total. The second-order valence-electron chi connectivity index (χ2n) is 3.94. The molecule has 0 spiro atoms. The van der Waals surface area contributed by atoms with Crippen LogP contribution in [0.5, 0.6) is 11.5 Å². The van der Waals surface area contributed by atoms with Gasteiger partial charge in [0.2, 0.25) is 0 Å². The Labute approximate surface area is 119 Å². The SMILES string of the molecule is COc1ccc(OCc2nc(C)cc(N)n2)c(Br)c1. The number of methoxy groups -OCH3 is 1. The molecule has 1 heterocycles. The smallest absolute Gasteiger partial charge is 0.168 e. The van der Waals surface area contributed by atoms with Crippen molar-refractivity contribution in [3.05, 3.63) is 40.3 Å². The van der Waals surface area contributed by atoms with Crippen LogP contribution in [0.2, 0.25) is 0 Å². The van der Waals surface area contributed by atoms with Crippen LogP contribution in [0.1, 0.15) is 11.5 Å². The van der Waals surface area contributed by atoms with Gasteiger partial charge in [-0.3, -0.25) is 0 Å². The molecule has 1 aromatic heterocycles. The minimum Gasteiger partial charge on any atom is -0.497 e. The standard InChI is InChI=1S/C13H14BrN3O2/c1-8-5-12(15)17-13(16-8)7-19-11-4-3-9(18-2)6-10(11)14/h3-6H,7H2,1-2H3,(H2,15,16,17). The molecule has 2 N–H and O–H groups in total. The van der Waals surface area contributed by atoms with Crippen LogP contribution in [0.15, 0.2) is 28.7 Å². The van der Waals surface area contributed by atoms with Crippen molar-refractivity contribution in [2.24, 2.45) is 0 Å². The van der Waals surface area contributed by atoms with E-state index in [0.717, 1.165) is 15.9 Å². The van der Waals surface area contributed by atoms with Gasteiger partial charge in [-0.25, -0.2) is 9.97 Å². The van der Waals surface area contributed by atoms with Gasteiger partial charge in [-0.15, -0.1) is 0 Å². The lowest BCUT2D eigenvalue weighted by atomic mass is 10.3. The Kier molecular flexibility index (Phi) is 4.21. The van der Waals surface area contributed by atoms with E-state index in [1.807, 2.05) is 25.1 Å². The Bertz CT molecular complexity index is 570. The van der Waals surface area contributed by atoms with Crippen LogP contribution in [0.25, 0.3) is 0 Å².